The third kappa shape index (κ3) is 3.70. The Morgan fingerprint density at radius 2 is 1.49 bits per heavy atom. The minimum absolute atomic E-state index is 0.0232. The molecule has 4 atom stereocenters. The van der Waals surface area contributed by atoms with E-state index in [4.69, 9.17) is 4.74 Å². The molecule has 0 fully saturated rings. The lowest BCUT2D eigenvalue weighted by Gasteiger charge is -2.29. The van der Waals surface area contributed by atoms with Gasteiger partial charge in [0, 0.05) is 49.9 Å². The molecule has 3 heterocycles. The summed E-state index contributed by atoms with van der Waals surface area (Å²) in [5.74, 6) is 7.45. The van der Waals surface area contributed by atoms with Gasteiger partial charge in [0.25, 0.3) is 0 Å². The summed E-state index contributed by atoms with van der Waals surface area (Å²) in [6.07, 6.45) is 10.2. The van der Waals surface area contributed by atoms with Crippen LogP contribution in [0.15, 0.2) is 145 Å². The van der Waals surface area contributed by atoms with Crippen LogP contribution in [-0.4, -0.2) is 15.2 Å². The largest absolute Gasteiger partial charge is 0.484 e. The molecule has 10 rings (SSSR count). The molecule has 4 unspecified atom stereocenters. The van der Waals surface area contributed by atoms with E-state index in [0.29, 0.717) is 5.57 Å². The number of rotatable bonds is 3. The lowest BCUT2D eigenvalue weighted by molar-refractivity contribution is 0.275. The normalized spacial score (nSPS) is 20.9. The molecule has 2 aromatic heterocycles. The molecule has 4 heteroatoms. The van der Waals surface area contributed by atoms with Gasteiger partial charge in [-0.25, -0.2) is 0 Å². The minimum Gasteiger partial charge on any atom is -0.484 e. The van der Waals surface area contributed by atoms with E-state index in [2.05, 4.69) is 154 Å². The number of nitrogens with zero attached hydrogens (tertiary/aromatic N) is 3. The molecule has 0 spiro atoms. The maximum atomic E-state index is 10.0. The smallest absolute Gasteiger partial charge is 0.136 e. The van der Waals surface area contributed by atoms with Gasteiger partial charge in [0.05, 0.1) is 34.4 Å². The molecule has 4 nitrogen and oxygen atoms in total. The quantitative estimate of drug-likeness (QED) is 0.189. The third-order valence-electron chi connectivity index (χ3n) is 10.1. The summed E-state index contributed by atoms with van der Waals surface area (Å²) in [5.41, 5.74) is 8.67. The maximum absolute atomic E-state index is 10.0. The standard InChI is InChI=1S/C43H27N3O/c44-26-27-18-22-38(46-36-15-7-4-12-30(36)31-13-5-8-16-37(31)46)35(24-27)28-19-20-34-40(25-28)45(29-10-2-1-3-11-29)39-23-21-33-32-14-6-9-17-41(32)47-43(33)42(34)39/h1-5,7-13,15-25,32,35,38,41H. The van der Waals surface area contributed by atoms with Crippen molar-refractivity contribution < 1.29 is 4.74 Å². The molecule has 3 aliphatic rings. The Morgan fingerprint density at radius 1 is 0.723 bits per heavy atom. The zero-order valence-electron chi connectivity index (χ0n) is 25.3. The molecule has 0 saturated carbocycles. The lowest BCUT2D eigenvalue weighted by Crippen LogP contribution is -2.17. The zero-order chi connectivity index (χ0) is 31.1. The number of hydrogen-bond donors (Lipinski definition) is 0. The molecule has 1 aliphatic heterocycles. The fourth-order valence-corrected chi connectivity index (χ4v) is 8.07. The Bertz CT molecular complexity index is 2600. The van der Waals surface area contributed by atoms with Crippen LogP contribution in [0.25, 0.3) is 49.3 Å². The van der Waals surface area contributed by atoms with Gasteiger partial charge in [-0.05, 0) is 60.2 Å². The molecule has 0 N–H and O–H groups in total. The predicted molar refractivity (Wildman–Crippen MR) is 189 cm³/mol. The number of allylic oxidation sites excluding steroid dienone is 5. The summed E-state index contributed by atoms with van der Waals surface area (Å²) in [7, 11) is 0. The number of nitriles is 1. The van der Waals surface area contributed by atoms with Gasteiger partial charge < -0.3 is 13.9 Å². The van der Waals surface area contributed by atoms with E-state index in [9.17, 15) is 5.26 Å². The predicted octanol–water partition coefficient (Wildman–Crippen LogP) is 9.65. The van der Waals surface area contributed by atoms with Crippen LogP contribution < -0.4 is 4.74 Å². The molecule has 7 aromatic rings. The van der Waals surface area contributed by atoms with E-state index in [1.807, 2.05) is 12.2 Å². The van der Waals surface area contributed by atoms with Crippen molar-refractivity contribution in [3.05, 3.63) is 156 Å². The summed E-state index contributed by atoms with van der Waals surface area (Å²) >= 11 is 0. The Hall–Kier alpha value is -6.23. The highest BCUT2D eigenvalue weighted by Gasteiger charge is 2.36. The molecular weight excluding hydrogens is 574 g/mol. The summed E-state index contributed by atoms with van der Waals surface area (Å²) in [4.78, 5) is 0. The molecule has 0 bridgehead atoms. The van der Waals surface area contributed by atoms with E-state index in [1.54, 1.807) is 0 Å². The maximum Gasteiger partial charge on any atom is 0.136 e. The number of benzene rings is 5. The minimum atomic E-state index is -0.0678. The van der Waals surface area contributed by atoms with Crippen molar-refractivity contribution in [3.8, 4) is 29.3 Å². The van der Waals surface area contributed by atoms with Crippen molar-refractivity contribution >= 4 is 43.6 Å². The highest BCUT2D eigenvalue weighted by Crippen LogP contribution is 2.49. The molecule has 220 valence electrons. The van der Waals surface area contributed by atoms with Gasteiger partial charge in [0.1, 0.15) is 11.9 Å². The van der Waals surface area contributed by atoms with Crippen LogP contribution in [0.3, 0.4) is 0 Å². The van der Waals surface area contributed by atoms with Gasteiger partial charge >= 0.3 is 0 Å². The van der Waals surface area contributed by atoms with E-state index < -0.39 is 0 Å². The summed E-state index contributed by atoms with van der Waals surface area (Å²) < 4.78 is 11.4. The Morgan fingerprint density at radius 3 is 2.28 bits per heavy atom. The number of hydrogen-bond acceptors (Lipinski definition) is 2. The first-order chi connectivity index (χ1) is 23.3. The van der Waals surface area contributed by atoms with Crippen molar-refractivity contribution in [1.29, 1.82) is 5.26 Å². The summed E-state index contributed by atoms with van der Waals surface area (Å²) in [5, 5.41) is 14.8. The van der Waals surface area contributed by atoms with Crippen molar-refractivity contribution in [2.75, 3.05) is 0 Å². The topological polar surface area (TPSA) is 42.9 Å². The van der Waals surface area contributed by atoms with Gasteiger partial charge in [0.2, 0.25) is 0 Å². The van der Waals surface area contributed by atoms with Crippen molar-refractivity contribution in [1.82, 2.24) is 9.13 Å². The van der Waals surface area contributed by atoms with E-state index in [0.717, 1.165) is 44.4 Å². The van der Waals surface area contributed by atoms with Crippen LogP contribution in [0.2, 0.25) is 0 Å². The van der Waals surface area contributed by atoms with Crippen LogP contribution in [0.4, 0.5) is 0 Å². The van der Waals surface area contributed by atoms with Crippen LogP contribution >= 0.6 is 0 Å². The summed E-state index contributed by atoms with van der Waals surface area (Å²) in [6.45, 7) is 0. The number of para-hydroxylation sites is 3. The van der Waals surface area contributed by atoms with Gasteiger partial charge in [-0.3, -0.25) is 0 Å². The molecule has 2 aliphatic carbocycles. The average molecular weight is 602 g/mol. The van der Waals surface area contributed by atoms with Crippen LogP contribution in [-0.2, 0) is 0 Å². The third-order valence-corrected chi connectivity index (χ3v) is 10.1. The first kappa shape index (κ1) is 26.0. The van der Waals surface area contributed by atoms with Crippen molar-refractivity contribution in [2.45, 2.75) is 24.0 Å². The Kier molecular flexibility index (Phi) is 5.47. The zero-order valence-corrected chi connectivity index (χ0v) is 25.3. The molecule has 0 amide bonds. The van der Waals surface area contributed by atoms with Crippen molar-refractivity contribution in [3.63, 3.8) is 0 Å². The first-order valence-corrected chi connectivity index (χ1v) is 16.1. The fourth-order valence-electron chi connectivity index (χ4n) is 8.07. The van der Waals surface area contributed by atoms with E-state index >= 15 is 0 Å². The summed E-state index contributed by atoms with van der Waals surface area (Å²) in [6, 6.07) is 41.4. The number of aromatic nitrogens is 2. The Labute approximate surface area is 271 Å². The second-order valence-corrected chi connectivity index (χ2v) is 12.5. The van der Waals surface area contributed by atoms with Crippen LogP contribution in [0.1, 0.15) is 29.0 Å². The lowest BCUT2D eigenvalue weighted by atomic mass is 9.85. The molecule has 0 saturated heterocycles. The molecule has 0 radical (unpaired) electrons. The second kappa shape index (κ2) is 9.88. The van der Waals surface area contributed by atoms with Crippen LogP contribution in [0, 0.1) is 23.2 Å². The monoisotopic (exact) mass is 601 g/mol. The Balaban J connectivity index is 1.23. The SMILES string of the molecule is N#CC1=CC(c2ccc3c4c5c(ccc4n(-c4ccccc4)c3c2)C2C#CC=CC2O5)C(n2c3ccccc3c3ccccc32)C=C1. The van der Waals surface area contributed by atoms with E-state index in [-0.39, 0.29) is 24.0 Å². The van der Waals surface area contributed by atoms with Crippen LogP contribution in [0.5, 0.6) is 5.75 Å². The fraction of sp³-hybridized carbons (Fsp3) is 0.0930. The highest BCUT2D eigenvalue weighted by molar-refractivity contribution is 6.13. The van der Waals surface area contributed by atoms with Gasteiger partial charge in [-0.2, -0.15) is 5.26 Å². The highest BCUT2D eigenvalue weighted by atomic mass is 16.5. The molecular formula is C43H27N3O. The average Bonchev–Trinajstić information content (AvgIpc) is 3.79. The second-order valence-electron chi connectivity index (χ2n) is 12.5. The van der Waals surface area contributed by atoms with Gasteiger partial charge in [-0.15, -0.1) is 0 Å². The number of fused-ring (bicyclic) bond motifs is 10. The van der Waals surface area contributed by atoms with Gasteiger partial charge in [-0.1, -0.05) is 96.8 Å². The van der Waals surface area contributed by atoms with Crippen molar-refractivity contribution in [2.24, 2.45) is 0 Å². The molecule has 47 heavy (non-hydrogen) atoms. The van der Waals surface area contributed by atoms with E-state index in [1.165, 1.54) is 21.8 Å². The first-order valence-electron chi connectivity index (χ1n) is 16.1. The van der Waals surface area contributed by atoms with Gasteiger partial charge in [0.15, 0.2) is 0 Å². The number of ether oxygens (including phenoxy) is 1. The molecule has 5 aromatic carbocycles.